The highest BCUT2D eigenvalue weighted by Gasteiger charge is 2.56. The third kappa shape index (κ3) is 3.04. The summed E-state index contributed by atoms with van der Waals surface area (Å²) < 4.78 is 14.5. The molecule has 7 rings (SSSR count). The minimum Gasteiger partial charge on any atom is -0.282 e. The maximum Gasteiger partial charge on any atom is 0.235 e. The van der Waals surface area contributed by atoms with E-state index in [-0.39, 0.29) is 17.1 Å². The summed E-state index contributed by atoms with van der Waals surface area (Å²) in [6.45, 7) is 0.406. The molecule has 6 heteroatoms. The van der Waals surface area contributed by atoms with Crippen LogP contribution < -0.4 is 4.90 Å². The van der Waals surface area contributed by atoms with Crippen molar-refractivity contribution in [3.05, 3.63) is 54.1 Å². The molecular weight excluding hydrogens is 397 g/mol. The third-order valence-electron chi connectivity index (χ3n) is 7.35. The van der Waals surface area contributed by atoms with Gasteiger partial charge in [0, 0.05) is 6.20 Å². The van der Waals surface area contributed by atoms with Gasteiger partial charge in [-0.15, -0.1) is 0 Å². The van der Waals surface area contributed by atoms with E-state index in [1.54, 1.807) is 12.3 Å². The van der Waals surface area contributed by atoms with Gasteiger partial charge in [-0.05, 0) is 86.6 Å². The molecule has 4 aliphatic rings. The average molecular weight is 422 g/mol. The molecule has 0 aliphatic heterocycles. The Morgan fingerprint density at radius 1 is 1.10 bits per heavy atom. The number of amides is 1. The Labute approximate surface area is 179 Å². The van der Waals surface area contributed by atoms with Gasteiger partial charge in [0.25, 0.3) is 0 Å². The summed E-state index contributed by atoms with van der Waals surface area (Å²) in [4.78, 5) is 25.2. The number of anilines is 1. The Balaban J connectivity index is 1.41. The Kier molecular flexibility index (Phi) is 4.20. The lowest BCUT2D eigenvalue weighted by atomic mass is 9.49. The Morgan fingerprint density at radius 2 is 1.83 bits per heavy atom. The summed E-state index contributed by atoms with van der Waals surface area (Å²) >= 11 is 1.40. The van der Waals surface area contributed by atoms with Gasteiger partial charge in [-0.3, -0.25) is 14.7 Å². The number of nitrogens with zero attached hydrogens (tertiary/aromatic N) is 3. The number of carbonyl (C=O) groups is 1. The monoisotopic (exact) mass is 421 g/mol. The molecule has 4 saturated carbocycles. The maximum atomic E-state index is 14.1. The fourth-order valence-corrected chi connectivity index (χ4v) is 7.53. The van der Waals surface area contributed by atoms with Crippen LogP contribution >= 0.6 is 11.3 Å². The van der Waals surface area contributed by atoms with E-state index in [0.29, 0.717) is 29.4 Å². The first-order valence-electron chi connectivity index (χ1n) is 10.9. The fraction of sp³-hybridized carbons (Fsp3) is 0.458. The smallest absolute Gasteiger partial charge is 0.235 e. The molecule has 1 aromatic carbocycles. The van der Waals surface area contributed by atoms with Crippen LogP contribution in [0.4, 0.5) is 9.52 Å². The first-order valence-corrected chi connectivity index (χ1v) is 11.7. The van der Waals surface area contributed by atoms with E-state index in [1.165, 1.54) is 42.7 Å². The number of benzene rings is 1. The molecule has 4 bridgehead atoms. The van der Waals surface area contributed by atoms with Gasteiger partial charge in [-0.2, -0.15) is 0 Å². The normalized spacial score (nSPS) is 29.4. The molecular formula is C24H24FN3OS. The number of hydrogen-bond donors (Lipinski definition) is 0. The molecule has 4 fully saturated rings. The molecule has 0 N–H and O–H groups in total. The second-order valence-corrected chi connectivity index (χ2v) is 10.5. The van der Waals surface area contributed by atoms with Crippen molar-refractivity contribution in [3.63, 3.8) is 0 Å². The molecule has 0 radical (unpaired) electrons. The van der Waals surface area contributed by atoms with E-state index in [4.69, 9.17) is 4.98 Å². The summed E-state index contributed by atoms with van der Waals surface area (Å²) in [6, 6.07) is 10.4. The number of aromatic nitrogens is 2. The molecule has 3 aromatic rings. The van der Waals surface area contributed by atoms with Gasteiger partial charge in [0.05, 0.1) is 27.9 Å². The summed E-state index contributed by atoms with van der Waals surface area (Å²) in [5, 5.41) is 0.655. The van der Waals surface area contributed by atoms with Gasteiger partial charge in [-0.1, -0.05) is 17.4 Å². The van der Waals surface area contributed by atoms with Gasteiger partial charge in [-0.25, -0.2) is 9.37 Å². The lowest BCUT2D eigenvalue weighted by molar-refractivity contribution is -0.143. The van der Waals surface area contributed by atoms with Gasteiger partial charge in [0.1, 0.15) is 5.82 Å². The number of fused-ring (bicyclic) bond motifs is 1. The average Bonchev–Trinajstić information content (AvgIpc) is 3.14. The number of hydrogen-bond acceptors (Lipinski definition) is 4. The highest BCUT2D eigenvalue weighted by atomic mass is 32.1. The van der Waals surface area contributed by atoms with E-state index < -0.39 is 0 Å². The van der Waals surface area contributed by atoms with E-state index in [9.17, 15) is 9.18 Å². The first-order chi connectivity index (χ1) is 14.6. The van der Waals surface area contributed by atoms with Crippen LogP contribution in [-0.2, 0) is 11.3 Å². The van der Waals surface area contributed by atoms with Gasteiger partial charge >= 0.3 is 0 Å². The van der Waals surface area contributed by atoms with Crippen LogP contribution in [0.2, 0.25) is 0 Å². The van der Waals surface area contributed by atoms with E-state index >= 15 is 0 Å². The highest BCUT2D eigenvalue weighted by Crippen LogP contribution is 2.60. The molecule has 154 valence electrons. The molecule has 2 aromatic heterocycles. The van der Waals surface area contributed by atoms with E-state index in [0.717, 1.165) is 35.2 Å². The lowest BCUT2D eigenvalue weighted by Gasteiger charge is -2.56. The van der Waals surface area contributed by atoms with Crippen LogP contribution in [-0.4, -0.2) is 15.9 Å². The molecule has 0 saturated heterocycles. The van der Waals surface area contributed by atoms with Crippen molar-refractivity contribution in [2.24, 2.45) is 23.2 Å². The van der Waals surface area contributed by atoms with Crippen molar-refractivity contribution in [3.8, 4) is 0 Å². The minimum atomic E-state index is -0.276. The van der Waals surface area contributed by atoms with Gasteiger partial charge in [0.15, 0.2) is 5.13 Å². The molecule has 1 amide bonds. The minimum absolute atomic E-state index is 0.201. The van der Waals surface area contributed by atoms with Crippen molar-refractivity contribution >= 4 is 32.6 Å². The fourth-order valence-electron chi connectivity index (χ4n) is 6.54. The second-order valence-electron chi connectivity index (χ2n) is 9.52. The van der Waals surface area contributed by atoms with Crippen molar-refractivity contribution in [2.75, 3.05) is 4.90 Å². The maximum absolute atomic E-state index is 14.1. The standard InChI is InChI=1S/C24H24FN3OS/c25-18-4-5-20-21(10-18)30-23(27-20)28(14-19-3-1-2-6-26-19)22(29)24-11-15-7-16(12-24)9-17(8-15)13-24/h1-6,10,15-17H,7-9,11-14H2. The topological polar surface area (TPSA) is 46.1 Å². The number of pyridine rings is 1. The van der Waals surface area contributed by atoms with Gasteiger partial charge in [0.2, 0.25) is 5.91 Å². The quantitative estimate of drug-likeness (QED) is 0.552. The van der Waals surface area contributed by atoms with Crippen LogP contribution in [0.5, 0.6) is 0 Å². The molecule has 0 spiro atoms. The zero-order valence-electron chi connectivity index (χ0n) is 16.8. The molecule has 4 nitrogen and oxygen atoms in total. The number of thiazole rings is 1. The predicted molar refractivity (Wildman–Crippen MR) is 116 cm³/mol. The zero-order valence-corrected chi connectivity index (χ0v) is 17.6. The summed E-state index contributed by atoms with van der Waals surface area (Å²) in [6.07, 6.45) is 8.69. The van der Waals surface area contributed by atoms with Crippen LogP contribution in [0.15, 0.2) is 42.6 Å². The van der Waals surface area contributed by atoms with Crippen molar-refractivity contribution in [2.45, 2.75) is 45.1 Å². The van der Waals surface area contributed by atoms with Crippen molar-refractivity contribution in [1.29, 1.82) is 0 Å². The molecule has 30 heavy (non-hydrogen) atoms. The SMILES string of the molecule is O=C(N(Cc1ccccn1)c1nc2ccc(F)cc2s1)C12CC3CC(CC(C3)C1)C2. The number of carbonyl (C=O) groups excluding carboxylic acids is 1. The van der Waals surface area contributed by atoms with Crippen LogP contribution in [0.3, 0.4) is 0 Å². The van der Waals surface area contributed by atoms with Crippen LogP contribution in [0.25, 0.3) is 10.2 Å². The molecule has 0 atom stereocenters. The summed E-state index contributed by atoms with van der Waals surface area (Å²) in [5.74, 6) is 2.01. The molecule has 4 aliphatic carbocycles. The lowest BCUT2D eigenvalue weighted by Crippen LogP contribution is -2.54. The summed E-state index contributed by atoms with van der Waals surface area (Å²) in [5.41, 5.74) is 1.33. The molecule has 0 unspecified atom stereocenters. The van der Waals surface area contributed by atoms with Crippen molar-refractivity contribution in [1.82, 2.24) is 9.97 Å². The highest BCUT2D eigenvalue weighted by molar-refractivity contribution is 7.22. The Bertz CT molecular complexity index is 1080. The second kappa shape index (κ2) is 6.84. The van der Waals surface area contributed by atoms with Crippen LogP contribution in [0.1, 0.15) is 44.2 Å². The first kappa shape index (κ1) is 18.4. The van der Waals surface area contributed by atoms with E-state index in [1.807, 2.05) is 23.1 Å². The summed E-state index contributed by atoms with van der Waals surface area (Å²) in [7, 11) is 0. The number of halogens is 1. The number of rotatable bonds is 4. The predicted octanol–water partition coefficient (Wildman–Crippen LogP) is 5.58. The third-order valence-corrected chi connectivity index (χ3v) is 8.39. The Morgan fingerprint density at radius 3 is 2.50 bits per heavy atom. The Hall–Kier alpha value is -2.34. The van der Waals surface area contributed by atoms with E-state index in [2.05, 4.69) is 4.98 Å². The van der Waals surface area contributed by atoms with Crippen LogP contribution in [0, 0.1) is 29.0 Å². The van der Waals surface area contributed by atoms with Crippen molar-refractivity contribution < 1.29 is 9.18 Å². The largest absolute Gasteiger partial charge is 0.282 e. The zero-order chi connectivity index (χ0) is 20.3. The molecule has 2 heterocycles. The van der Waals surface area contributed by atoms with Gasteiger partial charge < -0.3 is 0 Å².